The van der Waals surface area contributed by atoms with E-state index >= 15 is 0 Å². The average Bonchev–Trinajstić information content (AvgIpc) is 2.50. The van der Waals surface area contributed by atoms with Crippen LogP contribution in [0.5, 0.6) is 0 Å². The third-order valence-electron chi connectivity index (χ3n) is 4.09. The van der Waals surface area contributed by atoms with Gasteiger partial charge in [-0.15, -0.1) is 0 Å². The zero-order valence-electron chi connectivity index (χ0n) is 15.2. The largest absolute Gasteiger partial charge is 0.339 e. The lowest BCUT2D eigenvalue weighted by atomic mass is 10.0. The first kappa shape index (κ1) is 17.7. The Labute approximate surface area is 142 Å². The van der Waals surface area contributed by atoms with Crippen molar-refractivity contribution < 1.29 is 5.32 Å². The summed E-state index contributed by atoms with van der Waals surface area (Å²) in [4.78, 5) is 0. The smallest absolute Gasteiger partial charge is 0.101 e. The number of hydrogen-bond acceptors (Lipinski definition) is 0. The van der Waals surface area contributed by atoms with Gasteiger partial charge in [-0.25, -0.2) is 0 Å². The highest BCUT2D eigenvalue weighted by Crippen LogP contribution is 2.10. The van der Waals surface area contributed by atoms with Crippen LogP contribution in [0, 0.1) is 11.8 Å². The third kappa shape index (κ3) is 6.58. The van der Waals surface area contributed by atoms with Crippen molar-refractivity contribution in [2.45, 2.75) is 53.6 Å². The molecule has 0 saturated heterocycles. The highest BCUT2D eigenvalue weighted by atomic mass is 14.8. The fourth-order valence-electron chi connectivity index (χ4n) is 2.97. The molecule has 0 amide bonds. The Bertz CT molecular complexity index is 510. The zero-order chi connectivity index (χ0) is 16.7. The minimum absolute atomic E-state index is 0.728. The van der Waals surface area contributed by atoms with Gasteiger partial charge in [0.05, 0.1) is 0 Å². The van der Waals surface area contributed by atoms with Crippen molar-refractivity contribution >= 4 is 0 Å². The minimum atomic E-state index is 0.728. The molecule has 2 N–H and O–H groups in total. The molecule has 0 spiro atoms. The SMILES string of the molecule is CC(C)Cc1ccc(C[NH2+]Cc2ccc(CC(C)C)cc2)cc1. The molecule has 0 aliphatic heterocycles. The molecule has 0 aliphatic rings. The van der Waals surface area contributed by atoms with Crippen molar-refractivity contribution in [2.24, 2.45) is 11.8 Å². The van der Waals surface area contributed by atoms with E-state index in [2.05, 4.69) is 81.5 Å². The Balaban J connectivity index is 1.78. The lowest BCUT2D eigenvalue weighted by molar-refractivity contribution is -0.686. The summed E-state index contributed by atoms with van der Waals surface area (Å²) >= 11 is 0. The molecule has 124 valence electrons. The second-order valence-electron chi connectivity index (χ2n) is 7.53. The molecule has 0 aliphatic carbocycles. The van der Waals surface area contributed by atoms with E-state index in [9.17, 15) is 0 Å². The van der Waals surface area contributed by atoms with Crippen LogP contribution in [0.3, 0.4) is 0 Å². The summed E-state index contributed by atoms with van der Waals surface area (Å²) in [6, 6.07) is 18.2. The van der Waals surface area contributed by atoms with Gasteiger partial charge in [0.2, 0.25) is 0 Å². The van der Waals surface area contributed by atoms with Gasteiger partial charge in [-0.1, -0.05) is 76.2 Å². The van der Waals surface area contributed by atoms with Crippen LogP contribution in [0.4, 0.5) is 0 Å². The predicted molar refractivity (Wildman–Crippen MR) is 99.3 cm³/mol. The maximum atomic E-state index is 2.38. The Kier molecular flexibility index (Phi) is 6.85. The van der Waals surface area contributed by atoms with E-state index in [0.717, 1.165) is 24.9 Å². The summed E-state index contributed by atoms with van der Waals surface area (Å²) < 4.78 is 0. The summed E-state index contributed by atoms with van der Waals surface area (Å²) in [6.45, 7) is 11.2. The number of nitrogens with two attached hydrogens (primary N) is 1. The Morgan fingerprint density at radius 1 is 0.565 bits per heavy atom. The standard InChI is InChI=1S/C22H31N/c1-17(2)13-19-5-9-21(10-6-19)15-23-16-22-11-7-20(8-12-22)14-18(3)4/h5-12,17-18,23H,13-16H2,1-4H3/p+1. The van der Waals surface area contributed by atoms with Crippen molar-refractivity contribution in [1.82, 2.24) is 0 Å². The molecule has 0 fully saturated rings. The summed E-state index contributed by atoms with van der Waals surface area (Å²) in [6.07, 6.45) is 2.35. The van der Waals surface area contributed by atoms with E-state index in [1.165, 1.54) is 35.1 Å². The Morgan fingerprint density at radius 3 is 1.17 bits per heavy atom. The lowest BCUT2D eigenvalue weighted by Crippen LogP contribution is -2.80. The lowest BCUT2D eigenvalue weighted by Gasteiger charge is -2.07. The second-order valence-corrected chi connectivity index (χ2v) is 7.53. The first-order valence-corrected chi connectivity index (χ1v) is 9.00. The summed E-state index contributed by atoms with van der Waals surface area (Å²) in [5.74, 6) is 1.46. The van der Waals surface area contributed by atoms with Gasteiger partial charge in [-0.05, 0) is 35.8 Å². The van der Waals surface area contributed by atoms with Gasteiger partial charge in [0.25, 0.3) is 0 Å². The van der Waals surface area contributed by atoms with Crippen molar-refractivity contribution in [3.05, 3.63) is 70.8 Å². The first-order valence-electron chi connectivity index (χ1n) is 9.00. The molecule has 1 heteroatoms. The Hall–Kier alpha value is -1.60. The van der Waals surface area contributed by atoms with Crippen LogP contribution in [0.2, 0.25) is 0 Å². The number of hydrogen-bond donors (Lipinski definition) is 1. The van der Waals surface area contributed by atoms with Gasteiger partial charge in [0.15, 0.2) is 0 Å². The van der Waals surface area contributed by atoms with Gasteiger partial charge in [0, 0.05) is 11.1 Å². The first-order chi connectivity index (χ1) is 11.0. The van der Waals surface area contributed by atoms with Crippen LogP contribution in [-0.4, -0.2) is 0 Å². The molecule has 23 heavy (non-hydrogen) atoms. The van der Waals surface area contributed by atoms with Crippen molar-refractivity contribution in [2.75, 3.05) is 0 Å². The molecular weight excluding hydrogens is 278 g/mol. The summed E-state index contributed by atoms with van der Waals surface area (Å²) in [7, 11) is 0. The van der Waals surface area contributed by atoms with Crippen LogP contribution < -0.4 is 5.32 Å². The van der Waals surface area contributed by atoms with Gasteiger partial charge in [0.1, 0.15) is 13.1 Å². The van der Waals surface area contributed by atoms with Crippen LogP contribution in [0.1, 0.15) is 49.9 Å². The fraction of sp³-hybridized carbons (Fsp3) is 0.455. The molecule has 0 aromatic heterocycles. The zero-order valence-corrected chi connectivity index (χ0v) is 15.2. The molecule has 0 saturated carbocycles. The highest BCUT2D eigenvalue weighted by Gasteiger charge is 2.02. The molecule has 0 heterocycles. The normalized spacial score (nSPS) is 11.4. The molecular formula is C22H32N+. The van der Waals surface area contributed by atoms with Crippen LogP contribution in [0.15, 0.2) is 48.5 Å². The summed E-state index contributed by atoms with van der Waals surface area (Å²) in [5.41, 5.74) is 5.72. The van der Waals surface area contributed by atoms with E-state index in [-0.39, 0.29) is 0 Å². The fourth-order valence-corrected chi connectivity index (χ4v) is 2.97. The van der Waals surface area contributed by atoms with E-state index in [1.54, 1.807) is 0 Å². The van der Waals surface area contributed by atoms with Crippen molar-refractivity contribution in [1.29, 1.82) is 0 Å². The predicted octanol–water partition coefficient (Wildman–Crippen LogP) is 4.35. The van der Waals surface area contributed by atoms with Gasteiger partial charge >= 0.3 is 0 Å². The van der Waals surface area contributed by atoms with Crippen LogP contribution >= 0.6 is 0 Å². The monoisotopic (exact) mass is 310 g/mol. The van der Waals surface area contributed by atoms with Gasteiger partial charge in [-0.3, -0.25) is 0 Å². The van der Waals surface area contributed by atoms with Crippen molar-refractivity contribution in [3.63, 3.8) is 0 Å². The number of benzene rings is 2. The third-order valence-corrected chi connectivity index (χ3v) is 4.09. The molecule has 0 atom stereocenters. The maximum absolute atomic E-state index is 2.38. The molecule has 1 nitrogen and oxygen atoms in total. The van der Waals surface area contributed by atoms with Gasteiger partial charge in [-0.2, -0.15) is 0 Å². The van der Waals surface area contributed by atoms with Crippen LogP contribution in [0.25, 0.3) is 0 Å². The maximum Gasteiger partial charge on any atom is 0.101 e. The molecule has 2 aromatic rings. The topological polar surface area (TPSA) is 16.6 Å². The molecule has 2 rings (SSSR count). The number of quaternary nitrogens is 1. The van der Waals surface area contributed by atoms with E-state index in [4.69, 9.17) is 0 Å². The average molecular weight is 311 g/mol. The molecule has 0 unspecified atom stereocenters. The van der Waals surface area contributed by atoms with E-state index in [1.807, 2.05) is 0 Å². The quantitative estimate of drug-likeness (QED) is 0.746. The van der Waals surface area contributed by atoms with Crippen LogP contribution in [-0.2, 0) is 25.9 Å². The summed E-state index contributed by atoms with van der Waals surface area (Å²) in [5, 5.41) is 2.38. The molecule has 2 aromatic carbocycles. The second kappa shape index (κ2) is 8.88. The van der Waals surface area contributed by atoms with E-state index < -0.39 is 0 Å². The highest BCUT2D eigenvalue weighted by molar-refractivity contribution is 5.23. The minimum Gasteiger partial charge on any atom is -0.339 e. The van der Waals surface area contributed by atoms with Gasteiger partial charge < -0.3 is 5.32 Å². The number of rotatable bonds is 8. The van der Waals surface area contributed by atoms with Crippen molar-refractivity contribution in [3.8, 4) is 0 Å². The molecule has 0 bridgehead atoms. The van der Waals surface area contributed by atoms with E-state index in [0.29, 0.717) is 0 Å². The Morgan fingerprint density at radius 2 is 0.870 bits per heavy atom. The molecule has 0 radical (unpaired) electrons.